The van der Waals surface area contributed by atoms with E-state index in [0.29, 0.717) is 34.6 Å². The predicted molar refractivity (Wildman–Crippen MR) is 108 cm³/mol. The van der Waals surface area contributed by atoms with Gasteiger partial charge in [-0.2, -0.15) is 0 Å². The second-order valence-electron chi connectivity index (χ2n) is 6.50. The molecule has 0 amide bonds. The standard InChI is InChI=1S/C22H24N2O4/c1-3-4-13-27-18-9-7-8-17(15-18)22(26)28-14-12-24-16(2)23-20-11-6-5-10-19(20)21(24)25/h5-11,15H,3-4,12-14H2,1-2H3. The summed E-state index contributed by atoms with van der Waals surface area (Å²) in [5, 5.41) is 0.552. The van der Waals surface area contributed by atoms with Crippen LogP contribution in [-0.2, 0) is 11.3 Å². The minimum absolute atomic E-state index is 0.0838. The SMILES string of the molecule is CCCCOc1cccc(C(=O)OCCn2c(C)nc3ccccc3c2=O)c1. The topological polar surface area (TPSA) is 70.4 Å². The molecule has 0 spiro atoms. The van der Waals surface area contributed by atoms with E-state index >= 15 is 0 Å². The molecule has 0 unspecified atom stereocenters. The third-order valence-electron chi connectivity index (χ3n) is 4.44. The first-order valence-electron chi connectivity index (χ1n) is 9.46. The molecule has 6 nitrogen and oxygen atoms in total. The van der Waals surface area contributed by atoms with Crippen molar-refractivity contribution in [3.8, 4) is 5.75 Å². The number of benzene rings is 2. The highest BCUT2D eigenvalue weighted by atomic mass is 16.5. The van der Waals surface area contributed by atoms with Gasteiger partial charge in [0.15, 0.2) is 0 Å². The van der Waals surface area contributed by atoms with Crippen LogP contribution in [0.3, 0.4) is 0 Å². The Morgan fingerprint density at radius 1 is 1.11 bits per heavy atom. The van der Waals surface area contributed by atoms with Gasteiger partial charge < -0.3 is 9.47 Å². The minimum Gasteiger partial charge on any atom is -0.494 e. The Hall–Kier alpha value is -3.15. The Morgan fingerprint density at radius 2 is 1.93 bits per heavy atom. The largest absolute Gasteiger partial charge is 0.494 e. The molecular weight excluding hydrogens is 356 g/mol. The van der Waals surface area contributed by atoms with E-state index in [4.69, 9.17) is 9.47 Å². The van der Waals surface area contributed by atoms with Crippen LogP contribution in [0.5, 0.6) is 5.75 Å². The van der Waals surface area contributed by atoms with Crippen LogP contribution in [0.1, 0.15) is 35.9 Å². The van der Waals surface area contributed by atoms with Crippen molar-refractivity contribution in [1.29, 1.82) is 0 Å². The van der Waals surface area contributed by atoms with E-state index in [9.17, 15) is 9.59 Å². The number of aromatic nitrogens is 2. The summed E-state index contributed by atoms with van der Waals surface area (Å²) >= 11 is 0. The maximum absolute atomic E-state index is 12.6. The first-order chi connectivity index (χ1) is 13.6. The first kappa shape index (κ1) is 19.6. The maximum atomic E-state index is 12.6. The first-order valence-corrected chi connectivity index (χ1v) is 9.46. The van der Waals surface area contributed by atoms with E-state index in [1.54, 1.807) is 37.3 Å². The summed E-state index contributed by atoms with van der Waals surface area (Å²) in [6.07, 6.45) is 2.01. The van der Waals surface area contributed by atoms with Crippen LogP contribution in [0, 0.1) is 6.92 Å². The fourth-order valence-corrected chi connectivity index (χ4v) is 2.90. The molecule has 0 saturated heterocycles. The Morgan fingerprint density at radius 3 is 2.75 bits per heavy atom. The number of para-hydroxylation sites is 1. The normalized spacial score (nSPS) is 10.8. The molecule has 0 atom stereocenters. The number of nitrogens with zero attached hydrogens (tertiary/aromatic N) is 2. The van der Waals surface area contributed by atoms with Gasteiger partial charge in [0.05, 0.1) is 29.6 Å². The zero-order valence-corrected chi connectivity index (χ0v) is 16.2. The molecule has 2 aromatic carbocycles. The van der Waals surface area contributed by atoms with Crippen LogP contribution in [-0.4, -0.2) is 28.7 Å². The Labute approximate surface area is 163 Å². The monoisotopic (exact) mass is 380 g/mol. The number of unbranched alkanes of at least 4 members (excludes halogenated alkanes) is 1. The summed E-state index contributed by atoms with van der Waals surface area (Å²) in [4.78, 5) is 29.4. The van der Waals surface area contributed by atoms with Crippen LogP contribution >= 0.6 is 0 Å². The predicted octanol–water partition coefficient (Wildman–Crippen LogP) is 3.74. The van der Waals surface area contributed by atoms with Gasteiger partial charge in [-0.3, -0.25) is 9.36 Å². The average Bonchev–Trinajstić information content (AvgIpc) is 2.71. The van der Waals surface area contributed by atoms with Gasteiger partial charge >= 0.3 is 5.97 Å². The molecule has 1 heterocycles. The van der Waals surface area contributed by atoms with Crippen molar-refractivity contribution in [2.24, 2.45) is 0 Å². The Balaban J connectivity index is 1.64. The van der Waals surface area contributed by atoms with Gasteiger partial charge in [0.25, 0.3) is 5.56 Å². The Bertz CT molecular complexity index is 1030. The molecule has 0 aliphatic heterocycles. The lowest BCUT2D eigenvalue weighted by atomic mass is 10.2. The summed E-state index contributed by atoms with van der Waals surface area (Å²) in [6, 6.07) is 14.1. The van der Waals surface area contributed by atoms with E-state index < -0.39 is 5.97 Å². The van der Waals surface area contributed by atoms with Crippen molar-refractivity contribution in [2.75, 3.05) is 13.2 Å². The molecular formula is C22H24N2O4. The highest BCUT2D eigenvalue weighted by Crippen LogP contribution is 2.15. The summed E-state index contributed by atoms with van der Waals surface area (Å²) in [5.41, 5.74) is 0.957. The number of carbonyl (C=O) groups excluding carboxylic acids is 1. The quantitative estimate of drug-likeness (QED) is 0.440. The highest BCUT2D eigenvalue weighted by molar-refractivity contribution is 5.89. The number of fused-ring (bicyclic) bond motifs is 1. The van der Waals surface area contributed by atoms with Crippen LogP contribution < -0.4 is 10.3 Å². The van der Waals surface area contributed by atoms with Crippen molar-refractivity contribution in [2.45, 2.75) is 33.2 Å². The van der Waals surface area contributed by atoms with Gasteiger partial charge in [0.1, 0.15) is 18.2 Å². The van der Waals surface area contributed by atoms with Crippen LogP contribution in [0.4, 0.5) is 0 Å². The number of ether oxygens (including phenoxy) is 2. The molecule has 3 rings (SSSR count). The van der Waals surface area contributed by atoms with Crippen LogP contribution in [0.2, 0.25) is 0 Å². The lowest BCUT2D eigenvalue weighted by molar-refractivity contribution is 0.0489. The molecule has 0 bridgehead atoms. The number of carbonyl (C=O) groups is 1. The minimum atomic E-state index is -0.444. The van der Waals surface area contributed by atoms with Crippen LogP contribution in [0.25, 0.3) is 10.9 Å². The van der Waals surface area contributed by atoms with Gasteiger partial charge in [0.2, 0.25) is 0 Å². The molecule has 1 aromatic heterocycles. The Kier molecular flexibility index (Phi) is 6.42. The molecule has 0 saturated carbocycles. The van der Waals surface area contributed by atoms with E-state index in [1.807, 2.05) is 18.2 Å². The smallest absolute Gasteiger partial charge is 0.338 e. The van der Waals surface area contributed by atoms with E-state index in [1.165, 1.54) is 4.57 Å². The fraction of sp³-hybridized carbons (Fsp3) is 0.318. The molecule has 6 heteroatoms. The molecule has 0 aliphatic rings. The molecule has 0 radical (unpaired) electrons. The van der Waals surface area contributed by atoms with Gasteiger partial charge in [-0.15, -0.1) is 0 Å². The average molecular weight is 380 g/mol. The summed E-state index contributed by atoms with van der Waals surface area (Å²) in [6.45, 7) is 4.82. The molecule has 28 heavy (non-hydrogen) atoms. The second-order valence-corrected chi connectivity index (χ2v) is 6.50. The number of hydrogen-bond donors (Lipinski definition) is 0. The number of aryl methyl sites for hydroxylation is 1. The molecule has 0 aliphatic carbocycles. The summed E-state index contributed by atoms with van der Waals surface area (Å²) < 4.78 is 12.5. The molecule has 146 valence electrons. The van der Waals surface area contributed by atoms with E-state index in [2.05, 4.69) is 11.9 Å². The van der Waals surface area contributed by atoms with Gasteiger partial charge in [-0.25, -0.2) is 9.78 Å². The zero-order valence-electron chi connectivity index (χ0n) is 16.2. The molecule has 0 fully saturated rings. The number of hydrogen-bond acceptors (Lipinski definition) is 5. The van der Waals surface area contributed by atoms with Gasteiger partial charge in [-0.1, -0.05) is 31.5 Å². The highest BCUT2D eigenvalue weighted by Gasteiger charge is 2.11. The van der Waals surface area contributed by atoms with Gasteiger partial charge in [0, 0.05) is 0 Å². The number of esters is 1. The van der Waals surface area contributed by atoms with Crippen LogP contribution in [0.15, 0.2) is 53.3 Å². The van der Waals surface area contributed by atoms with E-state index in [-0.39, 0.29) is 18.7 Å². The lowest BCUT2D eigenvalue weighted by Crippen LogP contribution is -2.26. The third kappa shape index (κ3) is 4.57. The van der Waals surface area contributed by atoms with Crippen molar-refractivity contribution in [3.05, 3.63) is 70.3 Å². The summed E-state index contributed by atoms with van der Waals surface area (Å²) in [5.74, 6) is 0.792. The fourth-order valence-electron chi connectivity index (χ4n) is 2.90. The maximum Gasteiger partial charge on any atom is 0.338 e. The van der Waals surface area contributed by atoms with Crippen molar-refractivity contribution < 1.29 is 14.3 Å². The second kappa shape index (κ2) is 9.17. The number of rotatable bonds is 8. The van der Waals surface area contributed by atoms with Crippen molar-refractivity contribution >= 4 is 16.9 Å². The summed E-state index contributed by atoms with van der Waals surface area (Å²) in [7, 11) is 0. The zero-order chi connectivity index (χ0) is 19.9. The lowest BCUT2D eigenvalue weighted by Gasteiger charge is -2.11. The molecule has 3 aromatic rings. The molecule has 0 N–H and O–H groups in total. The van der Waals surface area contributed by atoms with Gasteiger partial charge in [-0.05, 0) is 43.7 Å². The van der Waals surface area contributed by atoms with Crippen molar-refractivity contribution in [3.63, 3.8) is 0 Å². The third-order valence-corrected chi connectivity index (χ3v) is 4.44. The van der Waals surface area contributed by atoms with Crippen molar-refractivity contribution in [1.82, 2.24) is 9.55 Å². The van der Waals surface area contributed by atoms with E-state index in [0.717, 1.165) is 12.8 Å².